The molecule has 0 aromatic heterocycles. The van der Waals surface area contributed by atoms with Crippen molar-refractivity contribution in [2.75, 3.05) is 13.2 Å². The second kappa shape index (κ2) is 7.08. The van der Waals surface area contributed by atoms with Gasteiger partial charge in [0.05, 0.1) is 19.3 Å². The summed E-state index contributed by atoms with van der Waals surface area (Å²) in [5.74, 6) is 1.07. The summed E-state index contributed by atoms with van der Waals surface area (Å²) in [4.78, 5) is 0. The summed E-state index contributed by atoms with van der Waals surface area (Å²) in [5, 5.41) is 29.2. The molecule has 3 heteroatoms. The summed E-state index contributed by atoms with van der Waals surface area (Å²) in [6, 6.07) is 0. The zero-order valence-electron chi connectivity index (χ0n) is 15.0. The molecular formula is C20H34O3. The van der Waals surface area contributed by atoms with Crippen LogP contribution in [0, 0.1) is 22.7 Å². The van der Waals surface area contributed by atoms with Crippen molar-refractivity contribution in [1.29, 1.82) is 0 Å². The first kappa shape index (κ1) is 18.7. The Labute approximate surface area is 141 Å². The summed E-state index contributed by atoms with van der Waals surface area (Å²) < 4.78 is 0. The maximum Gasteiger partial charge on any atom is 0.0778 e. The lowest BCUT2D eigenvalue weighted by Gasteiger charge is -2.59. The quantitative estimate of drug-likeness (QED) is 0.679. The first-order valence-corrected chi connectivity index (χ1v) is 9.06. The third-order valence-electron chi connectivity index (χ3n) is 7.16. The smallest absolute Gasteiger partial charge is 0.0778 e. The Morgan fingerprint density at radius 2 is 2.04 bits per heavy atom. The van der Waals surface area contributed by atoms with Crippen LogP contribution in [0.15, 0.2) is 23.8 Å². The number of allylic oxidation sites excluding steroid dienone is 1. The van der Waals surface area contributed by atoms with Gasteiger partial charge in [-0.2, -0.15) is 0 Å². The van der Waals surface area contributed by atoms with E-state index in [2.05, 4.69) is 27.4 Å². The number of hydrogen-bond acceptors (Lipinski definition) is 3. The summed E-state index contributed by atoms with van der Waals surface area (Å²) in [5.41, 5.74) is 2.14. The summed E-state index contributed by atoms with van der Waals surface area (Å²) in [6.07, 6.45) is 7.38. The van der Waals surface area contributed by atoms with Crippen LogP contribution in [0.1, 0.15) is 59.3 Å². The van der Waals surface area contributed by atoms with Crippen molar-refractivity contribution in [2.24, 2.45) is 22.7 Å². The van der Waals surface area contributed by atoms with E-state index in [4.69, 9.17) is 5.11 Å². The molecule has 5 atom stereocenters. The number of aliphatic hydroxyl groups is 3. The molecule has 5 unspecified atom stereocenters. The monoisotopic (exact) mass is 322 g/mol. The van der Waals surface area contributed by atoms with Crippen LogP contribution < -0.4 is 0 Å². The molecule has 3 N–H and O–H groups in total. The SMILES string of the molecule is C=C1CCCC2C1(C)CCC(C)C2(C)CC(O)C(=CCO)CO. The van der Waals surface area contributed by atoms with Crippen molar-refractivity contribution in [3.63, 3.8) is 0 Å². The van der Waals surface area contributed by atoms with Gasteiger partial charge < -0.3 is 15.3 Å². The van der Waals surface area contributed by atoms with Crippen LogP contribution in [0.5, 0.6) is 0 Å². The van der Waals surface area contributed by atoms with Crippen LogP contribution in [-0.2, 0) is 0 Å². The van der Waals surface area contributed by atoms with E-state index in [0.29, 0.717) is 23.8 Å². The van der Waals surface area contributed by atoms with Gasteiger partial charge in [-0.25, -0.2) is 0 Å². The number of aliphatic hydroxyl groups excluding tert-OH is 3. The van der Waals surface area contributed by atoms with Gasteiger partial charge in [0, 0.05) is 0 Å². The molecule has 0 saturated heterocycles. The Balaban J connectivity index is 2.29. The van der Waals surface area contributed by atoms with Gasteiger partial charge in [-0.3, -0.25) is 0 Å². The maximum absolute atomic E-state index is 10.7. The van der Waals surface area contributed by atoms with E-state index in [1.165, 1.54) is 24.8 Å². The van der Waals surface area contributed by atoms with Crippen LogP contribution in [0.4, 0.5) is 0 Å². The van der Waals surface area contributed by atoms with Gasteiger partial charge in [0.15, 0.2) is 0 Å². The van der Waals surface area contributed by atoms with E-state index in [1.807, 2.05) is 0 Å². The summed E-state index contributed by atoms with van der Waals surface area (Å²) >= 11 is 0. The Bertz CT molecular complexity index is 470. The molecule has 0 aliphatic heterocycles. The molecule has 0 bridgehead atoms. The van der Waals surface area contributed by atoms with Crippen LogP contribution in [0.3, 0.4) is 0 Å². The number of hydrogen-bond donors (Lipinski definition) is 3. The Morgan fingerprint density at radius 1 is 1.35 bits per heavy atom. The van der Waals surface area contributed by atoms with Crippen LogP contribution in [0.2, 0.25) is 0 Å². The normalized spacial score (nSPS) is 39.9. The highest BCUT2D eigenvalue weighted by Crippen LogP contribution is 2.62. The van der Waals surface area contributed by atoms with Crippen molar-refractivity contribution < 1.29 is 15.3 Å². The maximum atomic E-state index is 10.7. The first-order valence-electron chi connectivity index (χ1n) is 9.06. The highest BCUT2D eigenvalue weighted by molar-refractivity contribution is 5.20. The third kappa shape index (κ3) is 3.29. The van der Waals surface area contributed by atoms with Gasteiger partial charge in [-0.1, -0.05) is 39.0 Å². The highest BCUT2D eigenvalue weighted by Gasteiger charge is 2.54. The number of rotatable bonds is 5. The van der Waals surface area contributed by atoms with E-state index in [9.17, 15) is 10.2 Å². The molecule has 0 aromatic carbocycles. The minimum atomic E-state index is -0.683. The van der Waals surface area contributed by atoms with Gasteiger partial charge in [-0.05, 0) is 66.8 Å². The lowest BCUT2D eigenvalue weighted by Crippen LogP contribution is -2.51. The molecule has 3 nitrogen and oxygen atoms in total. The molecule has 2 fully saturated rings. The van der Waals surface area contributed by atoms with Gasteiger partial charge in [0.25, 0.3) is 0 Å². The Kier molecular flexibility index (Phi) is 5.76. The highest BCUT2D eigenvalue weighted by atomic mass is 16.3. The molecule has 2 aliphatic carbocycles. The van der Waals surface area contributed by atoms with Crippen molar-refractivity contribution in [1.82, 2.24) is 0 Å². The fourth-order valence-corrected chi connectivity index (χ4v) is 5.28. The molecule has 0 spiro atoms. The number of fused-ring (bicyclic) bond motifs is 1. The zero-order valence-corrected chi connectivity index (χ0v) is 15.0. The van der Waals surface area contributed by atoms with Gasteiger partial charge in [0.1, 0.15) is 0 Å². The van der Waals surface area contributed by atoms with Crippen LogP contribution >= 0.6 is 0 Å². The first-order chi connectivity index (χ1) is 10.8. The van der Waals surface area contributed by atoms with E-state index in [0.717, 1.165) is 12.8 Å². The third-order valence-corrected chi connectivity index (χ3v) is 7.16. The second-order valence-corrected chi connectivity index (χ2v) is 8.25. The van der Waals surface area contributed by atoms with Crippen molar-refractivity contribution >= 4 is 0 Å². The average molecular weight is 322 g/mol. The molecular weight excluding hydrogens is 288 g/mol. The summed E-state index contributed by atoms with van der Waals surface area (Å²) in [7, 11) is 0. The minimum Gasteiger partial charge on any atom is -0.392 e. The molecule has 0 radical (unpaired) electrons. The van der Waals surface area contributed by atoms with E-state index >= 15 is 0 Å². The molecule has 0 heterocycles. The molecule has 23 heavy (non-hydrogen) atoms. The fourth-order valence-electron chi connectivity index (χ4n) is 5.28. The van der Waals surface area contributed by atoms with Crippen molar-refractivity contribution in [3.8, 4) is 0 Å². The predicted molar refractivity (Wildman–Crippen MR) is 94.0 cm³/mol. The van der Waals surface area contributed by atoms with E-state index in [1.54, 1.807) is 6.08 Å². The van der Waals surface area contributed by atoms with Crippen molar-refractivity contribution in [3.05, 3.63) is 23.8 Å². The molecule has 2 aliphatic rings. The molecule has 0 aromatic rings. The topological polar surface area (TPSA) is 60.7 Å². The molecule has 132 valence electrons. The lowest BCUT2D eigenvalue weighted by molar-refractivity contribution is -0.0718. The molecule has 0 amide bonds. The average Bonchev–Trinajstić information content (AvgIpc) is 2.51. The largest absolute Gasteiger partial charge is 0.392 e. The van der Waals surface area contributed by atoms with Gasteiger partial charge in [-0.15, -0.1) is 0 Å². The summed E-state index contributed by atoms with van der Waals surface area (Å²) in [6.45, 7) is 11.0. The van der Waals surface area contributed by atoms with Crippen molar-refractivity contribution in [2.45, 2.75) is 65.4 Å². The van der Waals surface area contributed by atoms with Crippen LogP contribution in [0.25, 0.3) is 0 Å². The standard InChI is InChI=1S/C20H34O3/c1-14-6-5-7-18-19(14,3)10-8-15(2)20(18,4)12-17(23)16(13-22)9-11-21/h9,15,17-18,21-23H,1,5-8,10-13H2,2-4H3. The van der Waals surface area contributed by atoms with Gasteiger partial charge in [0.2, 0.25) is 0 Å². The Morgan fingerprint density at radius 3 is 2.65 bits per heavy atom. The van der Waals surface area contributed by atoms with Gasteiger partial charge >= 0.3 is 0 Å². The second-order valence-electron chi connectivity index (χ2n) is 8.25. The van der Waals surface area contributed by atoms with E-state index in [-0.39, 0.29) is 24.0 Å². The van der Waals surface area contributed by atoms with E-state index < -0.39 is 6.10 Å². The zero-order chi connectivity index (χ0) is 17.3. The predicted octanol–water partition coefficient (Wildman–Crippen LogP) is 3.45. The van der Waals surface area contributed by atoms with Crippen LogP contribution in [-0.4, -0.2) is 34.6 Å². The lowest BCUT2D eigenvalue weighted by atomic mass is 9.46. The molecule has 2 saturated carbocycles. The minimum absolute atomic E-state index is 0.0273. The molecule has 2 rings (SSSR count). The fraction of sp³-hybridized carbons (Fsp3) is 0.800. The Hall–Kier alpha value is -0.640.